The highest BCUT2D eigenvalue weighted by Gasteiger charge is 2.52. The van der Waals surface area contributed by atoms with Gasteiger partial charge in [-0.25, -0.2) is 4.98 Å². The number of aliphatic hydroxyl groups excluding tert-OH is 1. The highest BCUT2D eigenvalue weighted by atomic mass is 16.3. The maximum Gasteiger partial charge on any atom is 0.166 e. The van der Waals surface area contributed by atoms with Crippen molar-refractivity contribution in [3.05, 3.63) is 77.5 Å². The topological polar surface area (TPSA) is 53.4 Å². The van der Waals surface area contributed by atoms with Crippen LogP contribution in [-0.2, 0) is 5.41 Å². The number of carbonyl (C=O) groups is 1. The number of nitrogens with zero attached hydrogens (tertiary/aromatic N) is 2. The van der Waals surface area contributed by atoms with Gasteiger partial charge in [-0.3, -0.25) is 4.79 Å². The molecule has 4 aliphatic rings. The van der Waals surface area contributed by atoms with Crippen molar-refractivity contribution >= 4 is 17.3 Å². The molecule has 1 aromatic heterocycles. The van der Waals surface area contributed by atoms with Gasteiger partial charge in [-0.2, -0.15) is 0 Å². The van der Waals surface area contributed by atoms with Crippen LogP contribution >= 0.6 is 0 Å². The van der Waals surface area contributed by atoms with Gasteiger partial charge >= 0.3 is 0 Å². The number of benzene rings is 2. The average Bonchev–Trinajstić information content (AvgIpc) is 3.87. The maximum absolute atomic E-state index is 13.4. The van der Waals surface area contributed by atoms with E-state index in [0.29, 0.717) is 0 Å². The van der Waals surface area contributed by atoms with Crippen molar-refractivity contribution in [1.82, 2.24) is 4.98 Å². The second kappa shape index (κ2) is 8.55. The third-order valence-electron chi connectivity index (χ3n) is 9.16. The zero-order valence-corrected chi connectivity index (χ0v) is 20.8. The smallest absolute Gasteiger partial charge is 0.166 e. The minimum atomic E-state index is 0.0301. The van der Waals surface area contributed by atoms with Crippen molar-refractivity contribution in [2.45, 2.75) is 62.7 Å². The summed E-state index contributed by atoms with van der Waals surface area (Å²) in [6, 6.07) is 19.6. The van der Waals surface area contributed by atoms with Gasteiger partial charge in [0, 0.05) is 47.5 Å². The standard InChI is InChI=1S/C32H34N2O2/c35-19-21-3-1-6-25(15-21)31(36)26-9-11-28-29(17-26)34(20-32(28)13-14-32)30-12-10-27(18-33-30)24-5-2-4-23(16-24)22-7-8-22/h2,4-5,9-12,16-18,21-22,25,35H,1,3,6-8,13-15,19-20H2/t21-,25?/m1/s1. The maximum atomic E-state index is 13.4. The monoisotopic (exact) mass is 478 g/mol. The molecule has 0 bridgehead atoms. The summed E-state index contributed by atoms with van der Waals surface area (Å²) < 4.78 is 0. The highest BCUT2D eigenvalue weighted by molar-refractivity contribution is 5.99. The molecule has 0 saturated heterocycles. The summed E-state index contributed by atoms with van der Waals surface area (Å²) in [6.45, 7) is 1.14. The van der Waals surface area contributed by atoms with Crippen LogP contribution in [0.1, 0.15) is 78.8 Å². The molecule has 3 aromatic rings. The van der Waals surface area contributed by atoms with E-state index in [2.05, 4.69) is 59.5 Å². The molecule has 1 aliphatic heterocycles. The van der Waals surface area contributed by atoms with Crippen LogP contribution in [0.15, 0.2) is 60.8 Å². The highest BCUT2D eigenvalue weighted by Crippen LogP contribution is 2.58. The van der Waals surface area contributed by atoms with Crippen molar-refractivity contribution < 1.29 is 9.90 Å². The van der Waals surface area contributed by atoms with E-state index in [0.717, 1.165) is 60.8 Å². The van der Waals surface area contributed by atoms with E-state index in [-0.39, 0.29) is 29.6 Å². The molecule has 2 aromatic carbocycles. The molecule has 1 spiro atoms. The molecule has 0 radical (unpaired) electrons. The third-order valence-corrected chi connectivity index (χ3v) is 9.16. The molecule has 0 amide bonds. The van der Waals surface area contributed by atoms with Gasteiger partial charge < -0.3 is 10.0 Å². The lowest BCUT2D eigenvalue weighted by Gasteiger charge is -2.27. The van der Waals surface area contributed by atoms with Crippen molar-refractivity contribution in [3.63, 3.8) is 0 Å². The lowest BCUT2D eigenvalue weighted by atomic mass is 9.78. The molecule has 2 atom stereocenters. The van der Waals surface area contributed by atoms with E-state index in [9.17, 15) is 9.90 Å². The predicted molar refractivity (Wildman–Crippen MR) is 143 cm³/mol. The molecule has 7 rings (SSSR count). The van der Waals surface area contributed by atoms with Crippen LogP contribution in [-0.4, -0.2) is 29.0 Å². The largest absolute Gasteiger partial charge is 0.396 e. The fourth-order valence-corrected chi connectivity index (χ4v) is 6.65. The van der Waals surface area contributed by atoms with Crippen molar-refractivity contribution in [2.75, 3.05) is 18.1 Å². The van der Waals surface area contributed by atoms with E-state index < -0.39 is 0 Å². The molecule has 3 saturated carbocycles. The number of pyridine rings is 1. The van der Waals surface area contributed by atoms with Crippen LogP contribution in [0, 0.1) is 11.8 Å². The van der Waals surface area contributed by atoms with Gasteiger partial charge in [0.15, 0.2) is 5.78 Å². The molecule has 1 N–H and O–H groups in total. The quantitative estimate of drug-likeness (QED) is 0.396. The lowest BCUT2D eigenvalue weighted by molar-refractivity contribution is 0.0829. The fraction of sp³-hybridized carbons (Fsp3) is 0.438. The SMILES string of the molecule is O=C(c1ccc2c(c1)N(c1ccc(-c3cccc(C4CC4)c3)cn1)CC21CC1)C1CCC[C@@H](CO)C1. The second-order valence-corrected chi connectivity index (χ2v) is 11.7. The molecule has 4 heteroatoms. The van der Waals surface area contributed by atoms with Gasteiger partial charge in [-0.1, -0.05) is 42.8 Å². The number of aliphatic hydroxyl groups is 1. The first-order valence-corrected chi connectivity index (χ1v) is 13.8. The van der Waals surface area contributed by atoms with Gasteiger partial charge in [0.05, 0.1) is 0 Å². The van der Waals surface area contributed by atoms with E-state index >= 15 is 0 Å². The Hall–Kier alpha value is -2.98. The Morgan fingerprint density at radius 1 is 1.00 bits per heavy atom. The molecule has 36 heavy (non-hydrogen) atoms. The Bertz CT molecular complexity index is 1310. The van der Waals surface area contributed by atoms with Crippen LogP contribution in [0.25, 0.3) is 11.1 Å². The van der Waals surface area contributed by atoms with Crippen LogP contribution in [0.2, 0.25) is 0 Å². The average molecular weight is 479 g/mol. The molecule has 2 heterocycles. The van der Waals surface area contributed by atoms with Crippen LogP contribution in [0.3, 0.4) is 0 Å². The number of rotatable bonds is 6. The molecule has 4 nitrogen and oxygen atoms in total. The van der Waals surface area contributed by atoms with E-state index in [1.54, 1.807) is 0 Å². The number of hydrogen-bond donors (Lipinski definition) is 1. The van der Waals surface area contributed by atoms with Crippen LogP contribution < -0.4 is 4.90 Å². The molecule has 3 aliphatic carbocycles. The predicted octanol–water partition coefficient (Wildman–Crippen LogP) is 6.79. The number of carbonyl (C=O) groups excluding carboxylic acids is 1. The zero-order chi connectivity index (χ0) is 24.3. The first-order chi connectivity index (χ1) is 17.6. The molecular weight excluding hydrogens is 444 g/mol. The van der Waals surface area contributed by atoms with Crippen molar-refractivity contribution in [2.24, 2.45) is 11.8 Å². The fourth-order valence-electron chi connectivity index (χ4n) is 6.65. The number of fused-ring (bicyclic) bond motifs is 2. The van der Waals surface area contributed by atoms with Crippen molar-refractivity contribution in [1.29, 1.82) is 0 Å². The van der Waals surface area contributed by atoms with E-state index in [1.165, 1.54) is 42.4 Å². The summed E-state index contributed by atoms with van der Waals surface area (Å²) >= 11 is 0. The van der Waals surface area contributed by atoms with Gasteiger partial charge in [0.2, 0.25) is 0 Å². The Morgan fingerprint density at radius 2 is 1.89 bits per heavy atom. The van der Waals surface area contributed by atoms with Gasteiger partial charge in [-0.05, 0) is 91.7 Å². The Balaban J connectivity index is 1.17. The number of hydrogen-bond acceptors (Lipinski definition) is 4. The Morgan fingerprint density at radius 3 is 2.64 bits per heavy atom. The summed E-state index contributed by atoms with van der Waals surface area (Å²) in [5, 5.41) is 9.62. The minimum Gasteiger partial charge on any atom is -0.396 e. The first kappa shape index (κ1) is 22.2. The Kier molecular flexibility index (Phi) is 5.28. The Labute approximate surface area is 213 Å². The summed E-state index contributed by atoms with van der Waals surface area (Å²) in [4.78, 5) is 20.7. The number of anilines is 2. The number of Topliss-reactive ketones (excluding diaryl/α,β-unsaturated/α-hetero) is 1. The summed E-state index contributed by atoms with van der Waals surface area (Å²) in [5.74, 6) is 2.24. The van der Waals surface area contributed by atoms with Gasteiger partial charge in [-0.15, -0.1) is 0 Å². The van der Waals surface area contributed by atoms with Gasteiger partial charge in [0.25, 0.3) is 0 Å². The van der Waals surface area contributed by atoms with Gasteiger partial charge in [0.1, 0.15) is 5.82 Å². The second-order valence-electron chi connectivity index (χ2n) is 11.7. The molecule has 184 valence electrons. The van der Waals surface area contributed by atoms with Crippen LogP contribution in [0.5, 0.6) is 0 Å². The minimum absolute atomic E-state index is 0.0301. The lowest BCUT2D eigenvalue weighted by Crippen LogP contribution is -2.25. The number of aromatic nitrogens is 1. The molecule has 3 fully saturated rings. The van der Waals surface area contributed by atoms with Crippen LogP contribution in [0.4, 0.5) is 11.5 Å². The molecule has 1 unspecified atom stereocenters. The van der Waals surface area contributed by atoms with E-state index in [4.69, 9.17) is 4.98 Å². The summed E-state index contributed by atoms with van der Waals surface area (Å²) in [6.07, 6.45) is 10.8. The van der Waals surface area contributed by atoms with E-state index in [1.807, 2.05) is 6.20 Å². The summed E-state index contributed by atoms with van der Waals surface area (Å²) in [5.41, 5.74) is 7.40. The first-order valence-electron chi connectivity index (χ1n) is 13.8. The van der Waals surface area contributed by atoms with Crippen molar-refractivity contribution in [3.8, 4) is 11.1 Å². The molecular formula is C32H34N2O2. The third kappa shape index (κ3) is 3.87. The summed E-state index contributed by atoms with van der Waals surface area (Å²) in [7, 11) is 0. The number of ketones is 1. The zero-order valence-electron chi connectivity index (χ0n) is 20.8. The normalized spacial score (nSPS) is 24.1.